The lowest BCUT2D eigenvalue weighted by Crippen LogP contribution is -2.50. The first kappa shape index (κ1) is 21.5. The first-order valence-electron chi connectivity index (χ1n) is 10.1. The highest BCUT2D eigenvalue weighted by Crippen LogP contribution is 2.35. The molecular formula is C21H19B2ClN6O. The lowest BCUT2D eigenvalue weighted by Gasteiger charge is -2.43. The first-order valence-corrected chi connectivity index (χ1v) is 10.5. The van der Waals surface area contributed by atoms with Crippen LogP contribution in [0.2, 0.25) is 5.15 Å². The lowest BCUT2D eigenvalue weighted by molar-refractivity contribution is 0.114. The fourth-order valence-electron chi connectivity index (χ4n) is 3.83. The Morgan fingerprint density at radius 1 is 1.29 bits per heavy atom. The van der Waals surface area contributed by atoms with Crippen LogP contribution in [-0.2, 0) is 18.3 Å². The maximum atomic E-state index is 9.53. The van der Waals surface area contributed by atoms with Crippen molar-refractivity contribution in [2.24, 2.45) is 0 Å². The molecule has 1 N–H and O–H groups in total. The number of hydrogen-bond acceptors (Lipinski definition) is 7. The summed E-state index contributed by atoms with van der Waals surface area (Å²) in [6.45, 7) is 0.923. The zero-order valence-corrected chi connectivity index (χ0v) is 17.7. The van der Waals surface area contributed by atoms with E-state index in [1.165, 1.54) is 6.42 Å². The highest BCUT2D eigenvalue weighted by molar-refractivity contribution is 6.39. The second-order valence-electron chi connectivity index (χ2n) is 7.76. The van der Waals surface area contributed by atoms with E-state index < -0.39 is 5.34 Å². The van der Waals surface area contributed by atoms with Crippen molar-refractivity contribution in [2.75, 3.05) is 18.4 Å². The number of anilines is 1. The van der Waals surface area contributed by atoms with Gasteiger partial charge in [0.05, 0.1) is 27.3 Å². The lowest BCUT2D eigenvalue weighted by atomic mass is 9.56. The van der Waals surface area contributed by atoms with Crippen LogP contribution in [0, 0.1) is 22.7 Å². The molecule has 2 aliphatic rings. The van der Waals surface area contributed by atoms with Gasteiger partial charge in [-0.3, -0.25) is 0 Å². The molecular weight excluding hydrogens is 409 g/mol. The monoisotopic (exact) mass is 428 g/mol. The molecule has 4 radical (unpaired) electrons. The third-order valence-electron chi connectivity index (χ3n) is 5.86. The predicted octanol–water partition coefficient (Wildman–Crippen LogP) is 2.37. The fourth-order valence-corrected chi connectivity index (χ4v) is 4.07. The Kier molecular flexibility index (Phi) is 6.09. The summed E-state index contributed by atoms with van der Waals surface area (Å²) >= 11 is 6.19. The van der Waals surface area contributed by atoms with Crippen LogP contribution in [0.3, 0.4) is 0 Å². The minimum Gasteiger partial charge on any atom is -0.474 e. The normalized spacial score (nSPS) is 16.5. The van der Waals surface area contributed by atoms with Crippen LogP contribution >= 0.6 is 11.6 Å². The quantitative estimate of drug-likeness (QED) is 0.428. The van der Waals surface area contributed by atoms with E-state index in [0.717, 1.165) is 24.0 Å². The summed E-state index contributed by atoms with van der Waals surface area (Å²) in [5.74, 6) is 1.03. The largest absolute Gasteiger partial charge is 0.474 e. The number of ether oxygens (including phenoxy) is 1. The molecule has 1 saturated carbocycles. The number of nitrogens with one attached hydrogen (secondary N) is 1. The van der Waals surface area contributed by atoms with Gasteiger partial charge in [-0.05, 0) is 42.1 Å². The Morgan fingerprint density at radius 2 is 2.10 bits per heavy atom. The van der Waals surface area contributed by atoms with Gasteiger partial charge in [-0.15, -0.1) is 0 Å². The molecule has 31 heavy (non-hydrogen) atoms. The van der Waals surface area contributed by atoms with E-state index in [-0.39, 0.29) is 17.8 Å². The highest BCUT2D eigenvalue weighted by atomic mass is 35.5. The maximum absolute atomic E-state index is 9.53. The summed E-state index contributed by atoms with van der Waals surface area (Å²) in [5, 5.41) is 20.2. The first-order chi connectivity index (χ1) is 14.9. The molecule has 0 bridgehead atoms. The van der Waals surface area contributed by atoms with Crippen LogP contribution in [0.15, 0.2) is 18.3 Å². The number of pyridine rings is 2. The predicted molar refractivity (Wildman–Crippen MR) is 118 cm³/mol. The molecule has 0 atom stereocenters. The number of aromatic nitrogens is 2. The molecule has 7 nitrogen and oxygen atoms in total. The van der Waals surface area contributed by atoms with Crippen molar-refractivity contribution in [3.8, 4) is 18.0 Å². The van der Waals surface area contributed by atoms with Gasteiger partial charge in [0.1, 0.15) is 29.7 Å². The zero-order valence-electron chi connectivity index (χ0n) is 16.9. The van der Waals surface area contributed by atoms with Crippen molar-refractivity contribution in [2.45, 2.75) is 43.7 Å². The van der Waals surface area contributed by atoms with Crippen molar-refractivity contribution >= 4 is 33.1 Å². The van der Waals surface area contributed by atoms with E-state index >= 15 is 0 Å². The van der Waals surface area contributed by atoms with Crippen LogP contribution in [-0.4, -0.2) is 49.8 Å². The van der Waals surface area contributed by atoms with Gasteiger partial charge in [-0.2, -0.15) is 10.5 Å². The van der Waals surface area contributed by atoms with Crippen LogP contribution in [0.1, 0.15) is 41.5 Å². The Labute approximate surface area is 189 Å². The SMILES string of the molecule is [B]C([B])(c1ccc(OC2CCC2)nc1)N1CCc2c(C#N)c(Cl)nc(NCC#N)c2C1. The molecule has 1 aliphatic carbocycles. The van der Waals surface area contributed by atoms with Gasteiger partial charge in [0.25, 0.3) is 0 Å². The van der Waals surface area contributed by atoms with E-state index in [9.17, 15) is 5.26 Å². The number of hydrogen-bond donors (Lipinski definition) is 1. The molecule has 0 amide bonds. The molecule has 10 heteroatoms. The Bertz CT molecular complexity index is 1060. The maximum Gasteiger partial charge on any atom is 0.213 e. The second kappa shape index (κ2) is 8.78. The van der Waals surface area contributed by atoms with Gasteiger partial charge in [0, 0.05) is 30.9 Å². The molecule has 0 spiro atoms. The van der Waals surface area contributed by atoms with Crippen LogP contribution in [0.5, 0.6) is 5.88 Å². The molecule has 3 heterocycles. The second-order valence-corrected chi connectivity index (χ2v) is 8.12. The summed E-state index contributed by atoms with van der Waals surface area (Å²) < 4.78 is 5.81. The summed E-state index contributed by atoms with van der Waals surface area (Å²) in [6.07, 6.45) is 5.70. The number of nitriles is 2. The summed E-state index contributed by atoms with van der Waals surface area (Å²) in [5.41, 5.74) is 2.56. The average Bonchev–Trinajstić information content (AvgIpc) is 2.74. The number of halogens is 1. The van der Waals surface area contributed by atoms with Crippen molar-refractivity contribution in [1.82, 2.24) is 14.9 Å². The molecule has 0 saturated heterocycles. The van der Waals surface area contributed by atoms with Crippen molar-refractivity contribution < 1.29 is 4.74 Å². The number of nitrogens with zero attached hydrogens (tertiary/aromatic N) is 5. The Hall–Kier alpha value is -2.74. The van der Waals surface area contributed by atoms with Gasteiger partial charge in [0.2, 0.25) is 5.88 Å². The van der Waals surface area contributed by atoms with Gasteiger partial charge in [-0.25, -0.2) is 9.97 Å². The van der Waals surface area contributed by atoms with Crippen LogP contribution < -0.4 is 10.1 Å². The van der Waals surface area contributed by atoms with Crippen LogP contribution in [0.4, 0.5) is 5.82 Å². The van der Waals surface area contributed by atoms with Gasteiger partial charge in [-0.1, -0.05) is 17.7 Å². The highest BCUT2D eigenvalue weighted by Gasteiger charge is 2.34. The smallest absolute Gasteiger partial charge is 0.213 e. The molecule has 4 rings (SSSR count). The molecule has 152 valence electrons. The van der Waals surface area contributed by atoms with E-state index in [1.54, 1.807) is 12.3 Å². The van der Waals surface area contributed by atoms with Crippen LogP contribution in [0.25, 0.3) is 0 Å². The Balaban J connectivity index is 1.59. The molecule has 2 aromatic heterocycles. The van der Waals surface area contributed by atoms with E-state index in [4.69, 9.17) is 37.3 Å². The molecule has 0 aromatic carbocycles. The third-order valence-corrected chi connectivity index (χ3v) is 6.13. The van der Waals surface area contributed by atoms with Crippen molar-refractivity contribution in [3.05, 3.63) is 45.7 Å². The topological polar surface area (TPSA) is 97.9 Å². The molecule has 0 unspecified atom stereocenters. The standard InChI is InChI=1S/C21H19B2ClN6O/c22-21(23,13-4-5-18(28-11-13)31-14-2-1-3-14)30-9-6-15-16(10-26)19(24)29-20(17(15)12-30)27-8-7-25/h4-5,11,14H,1-3,6,8-9,12H2,(H,27,29). The van der Waals surface area contributed by atoms with Crippen molar-refractivity contribution in [1.29, 1.82) is 10.5 Å². The average molecular weight is 429 g/mol. The number of rotatable bonds is 6. The Morgan fingerprint density at radius 3 is 2.71 bits per heavy atom. The van der Waals surface area contributed by atoms with Gasteiger partial charge < -0.3 is 15.0 Å². The van der Waals surface area contributed by atoms with Gasteiger partial charge >= 0.3 is 0 Å². The summed E-state index contributed by atoms with van der Waals surface area (Å²) in [7, 11) is 13.1. The third kappa shape index (κ3) is 4.21. The van der Waals surface area contributed by atoms with E-state index in [1.807, 2.05) is 17.0 Å². The van der Waals surface area contributed by atoms with Gasteiger partial charge in [0.15, 0.2) is 0 Å². The van der Waals surface area contributed by atoms with E-state index in [0.29, 0.717) is 42.3 Å². The molecule has 1 aliphatic heterocycles. The summed E-state index contributed by atoms with van der Waals surface area (Å²) in [6, 6.07) is 7.77. The zero-order chi connectivity index (χ0) is 22.0. The molecule has 2 aromatic rings. The molecule has 1 fully saturated rings. The summed E-state index contributed by atoms with van der Waals surface area (Å²) in [4.78, 5) is 10.5. The minimum absolute atomic E-state index is 0.0600. The van der Waals surface area contributed by atoms with Crippen molar-refractivity contribution in [3.63, 3.8) is 0 Å². The number of fused-ring (bicyclic) bond motifs is 1. The minimum atomic E-state index is -1.29. The fraction of sp³-hybridized carbons (Fsp3) is 0.429. The van der Waals surface area contributed by atoms with E-state index in [2.05, 4.69) is 21.4 Å².